The molecule has 0 aromatic heterocycles. The average molecular weight is 144 g/mol. The second-order valence-corrected chi connectivity index (χ2v) is 3.09. The Hall–Kier alpha value is -0.730. The van der Waals surface area contributed by atoms with E-state index in [4.69, 9.17) is 5.73 Å². The lowest BCUT2D eigenvalue weighted by Gasteiger charge is -2.20. The van der Waals surface area contributed by atoms with E-state index < -0.39 is 6.09 Å². The molecule has 0 spiro atoms. The first kappa shape index (κ1) is 9.27. The molecule has 0 aliphatic heterocycles. The number of amides is 1. The lowest BCUT2D eigenvalue weighted by atomic mass is 9.92. The van der Waals surface area contributed by atoms with Crippen molar-refractivity contribution in [3.63, 3.8) is 0 Å². The van der Waals surface area contributed by atoms with E-state index in [-0.39, 0.29) is 5.41 Å². The molecule has 1 amide bonds. The van der Waals surface area contributed by atoms with Gasteiger partial charge in [-0.1, -0.05) is 20.8 Å². The van der Waals surface area contributed by atoms with Crippen molar-refractivity contribution >= 4 is 6.09 Å². The number of ether oxygens (including phenoxy) is 1. The van der Waals surface area contributed by atoms with Crippen molar-refractivity contribution in [2.75, 3.05) is 6.61 Å². The molecular weight excluding hydrogens is 130 g/mol. The summed E-state index contributed by atoms with van der Waals surface area (Å²) in [6.07, 6.45) is 0.00169. The van der Waals surface area contributed by atoms with Gasteiger partial charge in [-0.3, -0.25) is 0 Å². The Labute approximate surface area is 61.5 Å². The van der Waals surface area contributed by atoms with E-state index in [0.717, 1.165) is 6.42 Å². The molecule has 0 aliphatic rings. The van der Waals surface area contributed by atoms with Crippen molar-refractivity contribution in [2.45, 2.75) is 27.2 Å². The number of nitrogens with one attached hydrogen (secondary N) is 1. The fraction of sp³-hybridized carbons (Fsp3) is 0.857. The first-order chi connectivity index (χ1) is 4.48. The molecule has 0 aliphatic carbocycles. The first-order valence-electron chi connectivity index (χ1n) is 3.36. The van der Waals surface area contributed by atoms with E-state index in [1.807, 2.05) is 20.8 Å². The third-order valence-electron chi connectivity index (χ3n) is 1.55. The van der Waals surface area contributed by atoms with Gasteiger partial charge in [-0.15, -0.1) is 0 Å². The molecule has 1 radical (unpaired) electrons. The van der Waals surface area contributed by atoms with Crippen LogP contribution in [0.2, 0.25) is 0 Å². The van der Waals surface area contributed by atoms with Crippen molar-refractivity contribution in [1.82, 2.24) is 5.73 Å². The molecule has 0 bridgehead atoms. The summed E-state index contributed by atoms with van der Waals surface area (Å²) in [5.74, 6) is 0. The summed E-state index contributed by atoms with van der Waals surface area (Å²) in [5, 5.41) is 0. The van der Waals surface area contributed by atoms with Crippen molar-refractivity contribution in [3.8, 4) is 0 Å². The van der Waals surface area contributed by atoms with Gasteiger partial charge in [-0.05, 0) is 11.8 Å². The van der Waals surface area contributed by atoms with Crippen molar-refractivity contribution < 1.29 is 9.53 Å². The number of carbonyl (C=O) groups is 1. The van der Waals surface area contributed by atoms with Crippen LogP contribution in [0.1, 0.15) is 27.2 Å². The number of rotatable bonds is 3. The lowest BCUT2D eigenvalue weighted by Crippen LogP contribution is -2.20. The van der Waals surface area contributed by atoms with E-state index in [2.05, 4.69) is 4.74 Å². The molecule has 59 valence electrons. The van der Waals surface area contributed by atoms with Gasteiger partial charge in [-0.2, -0.15) is 0 Å². The van der Waals surface area contributed by atoms with Gasteiger partial charge in [0, 0.05) is 0 Å². The molecular formula is C7H14NO2. The zero-order valence-corrected chi connectivity index (χ0v) is 6.73. The van der Waals surface area contributed by atoms with Crippen LogP contribution in [0.25, 0.3) is 0 Å². The normalized spacial score (nSPS) is 11.1. The lowest BCUT2D eigenvalue weighted by molar-refractivity contribution is 0.103. The van der Waals surface area contributed by atoms with Crippen molar-refractivity contribution in [1.29, 1.82) is 0 Å². The van der Waals surface area contributed by atoms with Gasteiger partial charge in [0.25, 0.3) is 0 Å². The Morgan fingerprint density at radius 2 is 2.10 bits per heavy atom. The van der Waals surface area contributed by atoms with Gasteiger partial charge in [0.2, 0.25) is 0 Å². The maximum absolute atomic E-state index is 10.1. The van der Waals surface area contributed by atoms with Crippen LogP contribution in [0.15, 0.2) is 0 Å². The molecule has 3 heteroatoms. The van der Waals surface area contributed by atoms with E-state index in [1.165, 1.54) is 0 Å². The van der Waals surface area contributed by atoms with Gasteiger partial charge >= 0.3 is 6.09 Å². The molecule has 3 nitrogen and oxygen atoms in total. The van der Waals surface area contributed by atoms with Crippen LogP contribution in [-0.4, -0.2) is 12.7 Å². The highest BCUT2D eigenvalue weighted by molar-refractivity contribution is 5.63. The minimum atomic E-state index is -0.943. The third kappa shape index (κ3) is 4.18. The summed E-state index contributed by atoms with van der Waals surface area (Å²) in [5.41, 5.74) is 6.48. The molecule has 0 unspecified atom stereocenters. The van der Waals surface area contributed by atoms with Gasteiger partial charge in [0.05, 0.1) is 6.61 Å². The summed E-state index contributed by atoms with van der Waals surface area (Å²) in [7, 11) is 0. The smallest absolute Gasteiger partial charge is 0.426 e. The SMILES string of the molecule is CCC(C)(C)COC([NH])=O. The minimum Gasteiger partial charge on any atom is -0.448 e. The summed E-state index contributed by atoms with van der Waals surface area (Å²) >= 11 is 0. The van der Waals surface area contributed by atoms with Crippen LogP contribution >= 0.6 is 0 Å². The molecule has 0 atom stereocenters. The van der Waals surface area contributed by atoms with Crippen LogP contribution < -0.4 is 5.73 Å². The highest BCUT2D eigenvalue weighted by Crippen LogP contribution is 2.19. The van der Waals surface area contributed by atoms with Crippen LogP contribution in [-0.2, 0) is 4.74 Å². The van der Waals surface area contributed by atoms with Crippen LogP contribution in [0.5, 0.6) is 0 Å². The van der Waals surface area contributed by atoms with Crippen molar-refractivity contribution in [3.05, 3.63) is 0 Å². The largest absolute Gasteiger partial charge is 0.448 e. The molecule has 0 fully saturated rings. The van der Waals surface area contributed by atoms with Gasteiger partial charge < -0.3 is 4.74 Å². The maximum Gasteiger partial charge on any atom is 0.426 e. The van der Waals surface area contributed by atoms with E-state index in [9.17, 15) is 4.79 Å². The molecule has 0 aromatic carbocycles. The molecule has 10 heavy (non-hydrogen) atoms. The number of hydrogen-bond donors (Lipinski definition) is 0. The first-order valence-corrected chi connectivity index (χ1v) is 3.36. The summed E-state index contributed by atoms with van der Waals surface area (Å²) in [6, 6.07) is 0. The Bertz CT molecular complexity index is 121. The second-order valence-electron chi connectivity index (χ2n) is 3.09. The molecule has 0 aromatic rings. The van der Waals surface area contributed by atoms with Crippen molar-refractivity contribution in [2.24, 2.45) is 5.41 Å². The van der Waals surface area contributed by atoms with Gasteiger partial charge in [0.15, 0.2) is 0 Å². The Morgan fingerprint density at radius 3 is 2.40 bits per heavy atom. The molecule has 0 saturated carbocycles. The van der Waals surface area contributed by atoms with E-state index in [1.54, 1.807) is 0 Å². The second kappa shape index (κ2) is 3.44. The zero-order valence-electron chi connectivity index (χ0n) is 6.73. The number of hydrogen-bond acceptors (Lipinski definition) is 2. The Kier molecular flexibility index (Phi) is 3.19. The standard InChI is InChI=1S/C7H14NO2/c1-4-7(2,3)5-10-6(8)9/h8H,4-5H2,1-3H3. The van der Waals surface area contributed by atoms with Crippen LogP contribution in [0.3, 0.4) is 0 Å². The fourth-order valence-electron chi connectivity index (χ4n) is 0.363. The predicted molar refractivity (Wildman–Crippen MR) is 38.5 cm³/mol. The molecule has 0 heterocycles. The zero-order chi connectivity index (χ0) is 8.20. The number of carbonyl (C=O) groups excluding carboxylic acids is 1. The Balaban J connectivity index is 3.56. The average Bonchev–Trinajstić information content (AvgIpc) is 1.85. The Morgan fingerprint density at radius 1 is 1.60 bits per heavy atom. The topological polar surface area (TPSA) is 50.1 Å². The monoisotopic (exact) mass is 144 g/mol. The van der Waals surface area contributed by atoms with Gasteiger partial charge in [-0.25, -0.2) is 10.5 Å². The third-order valence-corrected chi connectivity index (χ3v) is 1.55. The highest BCUT2D eigenvalue weighted by Gasteiger charge is 2.16. The highest BCUT2D eigenvalue weighted by atomic mass is 16.5. The molecule has 0 rings (SSSR count). The van der Waals surface area contributed by atoms with Crippen LogP contribution in [0, 0.1) is 5.41 Å². The van der Waals surface area contributed by atoms with Gasteiger partial charge in [0.1, 0.15) is 0 Å². The molecule has 1 N–H and O–H groups in total. The predicted octanol–water partition coefficient (Wildman–Crippen LogP) is 1.84. The van der Waals surface area contributed by atoms with Crippen LogP contribution in [0.4, 0.5) is 4.79 Å². The maximum atomic E-state index is 10.1. The minimum absolute atomic E-state index is 0.0106. The summed E-state index contributed by atoms with van der Waals surface area (Å²) < 4.78 is 4.53. The summed E-state index contributed by atoms with van der Waals surface area (Å²) in [6.45, 7) is 6.36. The quantitative estimate of drug-likeness (QED) is 0.606. The molecule has 0 saturated heterocycles. The fourth-order valence-corrected chi connectivity index (χ4v) is 0.363. The van der Waals surface area contributed by atoms with E-state index >= 15 is 0 Å². The van der Waals surface area contributed by atoms with E-state index in [0.29, 0.717) is 6.61 Å². The summed E-state index contributed by atoms with van der Waals surface area (Å²) in [4.78, 5) is 10.1.